The van der Waals surface area contributed by atoms with E-state index in [1.54, 1.807) is 0 Å². The Morgan fingerprint density at radius 2 is 1.69 bits per heavy atom. The van der Waals surface area contributed by atoms with Crippen LogP contribution in [0.2, 0.25) is 0 Å². The Hall–Kier alpha value is -3.47. The molecule has 0 amide bonds. The summed E-state index contributed by atoms with van der Waals surface area (Å²) in [5, 5.41) is 16.8. The Kier molecular flexibility index (Phi) is 3.31. The van der Waals surface area contributed by atoms with Crippen LogP contribution in [0.1, 0.15) is 11.1 Å². The summed E-state index contributed by atoms with van der Waals surface area (Å²) in [4.78, 5) is 0. The van der Waals surface area contributed by atoms with Gasteiger partial charge in [-0.25, -0.2) is 0 Å². The molecule has 2 aromatic heterocycles. The lowest BCUT2D eigenvalue weighted by atomic mass is 10.1. The van der Waals surface area contributed by atoms with Crippen LogP contribution in [0.3, 0.4) is 0 Å². The second-order valence-corrected chi connectivity index (χ2v) is 6.56. The molecule has 0 saturated heterocycles. The zero-order valence-corrected chi connectivity index (χ0v) is 14.3. The van der Waals surface area contributed by atoms with Crippen LogP contribution in [0.5, 0.6) is 0 Å². The first-order valence-corrected chi connectivity index (χ1v) is 8.60. The summed E-state index contributed by atoms with van der Waals surface area (Å²) in [5.41, 5.74) is 5.97. The number of rotatable bonds is 3. The van der Waals surface area contributed by atoms with Gasteiger partial charge in [-0.1, -0.05) is 48.0 Å². The number of aromatic amines is 1. The molecule has 5 heteroatoms. The highest BCUT2D eigenvalue weighted by Gasteiger charge is 2.13. The predicted molar refractivity (Wildman–Crippen MR) is 103 cm³/mol. The zero-order valence-electron chi connectivity index (χ0n) is 14.3. The Morgan fingerprint density at radius 1 is 0.885 bits per heavy atom. The van der Waals surface area contributed by atoms with Crippen molar-refractivity contribution in [3.05, 3.63) is 77.9 Å². The second kappa shape index (κ2) is 5.81. The first-order valence-electron chi connectivity index (χ1n) is 8.60. The van der Waals surface area contributed by atoms with Crippen LogP contribution in [-0.4, -0.2) is 25.2 Å². The molecule has 0 unspecified atom stereocenters. The number of aryl methyl sites for hydroxylation is 1. The minimum Gasteiger partial charge on any atom is -0.336 e. The van der Waals surface area contributed by atoms with Crippen LogP contribution in [0.4, 0.5) is 0 Å². The Morgan fingerprint density at radius 3 is 2.50 bits per heavy atom. The van der Waals surface area contributed by atoms with Gasteiger partial charge in [0.1, 0.15) is 0 Å². The van der Waals surface area contributed by atoms with Gasteiger partial charge in [-0.15, -0.1) is 10.2 Å². The largest absolute Gasteiger partial charge is 0.336 e. The number of para-hydroxylation sites is 1. The van der Waals surface area contributed by atoms with Gasteiger partial charge in [0.05, 0.1) is 0 Å². The summed E-state index contributed by atoms with van der Waals surface area (Å²) in [5.74, 6) is 0.613. The quantitative estimate of drug-likeness (QED) is 0.532. The van der Waals surface area contributed by atoms with Gasteiger partial charge in [-0.05, 0) is 42.0 Å². The van der Waals surface area contributed by atoms with Gasteiger partial charge >= 0.3 is 0 Å². The molecule has 3 aromatic carbocycles. The van der Waals surface area contributed by atoms with E-state index in [1.807, 2.05) is 0 Å². The fraction of sp³-hybridized carbons (Fsp3) is 0.0952. The second-order valence-electron chi connectivity index (χ2n) is 6.56. The summed E-state index contributed by atoms with van der Waals surface area (Å²) < 4.78 is 2.37. The number of tetrazole rings is 1. The molecule has 0 saturated carbocycles. The van der Waals surface area contributed by atoms with Crippen molar-refractivity contribution < 1.29 is 0 Å². The third kappa shape index (κ3) is 2.37. The monoisotopic (exact) mass is 339 g/mol. The Bertz CT molecular complexity index is 1200. The maximum absolute atomic E-state index is 4.10. The molecule has 1 N–H and O–H groups in total. The lowest BCUT2D eigenvalue weighted by Gasteiger charge is -2.08. The maximum atomic E-state index is 4.10. The minimum absolute atomic E-state index is 0.613. The topological polar surface area (TPSA) is 59.4 Å². The number of hydrogen-bond acceptors (Lipinski definition) is 3. The van der Waals surface area contributed by atoms with Crippen molar-refractivity contribution in [1.29, 1.82) is 0 Å². The number of hydrogen-bond donors (Lipinski definition) is 1. The van der Waals surface area contributed by atoms with E-state index in [0.29, 0.717) is 5.82 Å². The van der Waals surface area contributed by atoms with Crippen LogP contribution in [-0.2, 0) is 6.54 Å². The molecule has 0 aliphatic heterocycles. The SMILES string of the molecule is Cc1ccc(Cn2c3ccccc3c3cc(-c4nn[nH]n4)ccc32)cc1. The van der Waals surface area contributed by atoms with Crippen molar-refractivity contribution >= 4 is 21.8 Å². The number of fused-ring (bicyclic) bond motifs is 3. The van der Waals surface area contributed by atoms with Crippen molar-refractivity contribution in [2.24, 2.45) is 0 Å². The molecule has 5 nitrogen and oxygen atoms in total. The lowest BCUT2D eigenvalue weighted by molar-refractivity contribution is 0.868. The van der Waals surface area contributed by atoms with Crippen molar-refractivity contribution in [3.8, 4) is 11.4 Å². The van der Waals surface area contributed by atoms with E-state index in [2.05, 4.69) is 98.8 Å². The summed E-state index contributed by atoms with van der Waals surface area (Å²) in [6, 6.07) is 23.6. The van der Waals surface area contributed by atoms with Gasteiger partial charge in [0.2, 0.25) is 5.82 Å². The zero-order chi connectivity index (χ0) is 17.5. The third-order valence-electron chi connectivity index (χ3n) is 4.84. The number of aromatic nitrogens is 5. The summed E-state index contributed by atoms with van der Waals surface area (Å²) in [7, 11) is 0. The summed E-state index contributed by atoms with van der Waals surface area (Å²) in [6.07, 6.45) is 0. The molecule has 0 aliphatic carbocycles. The molecule has 0 atom stereocenters. The minimum atomic E-state index is 0.613. The standard InChI is InChI=1S/C21H17N5/c1-14-6-8-15(9-7-14)13-26-19-5-3-2-4-17(19)18-12-16(10-11-20(18)26)21-22-24-25-23-21/h2-12H,13H2,1H3,(H,22,23,24,25). The fourth-order valence-electron chi connectivity index (χ4n) is 3.52. The molecular weight excluding hydrogens is 322 g/mol. The highest BCUT2D eigenvalue weighted by atomic mass is 15.5. The molecule has 0 fully saturated rings. The molecular formula is C21H17N5. The van der Waals surface area contributed by atoms with Gasteiger partial charge in [-0.2, -0.15) is 5.21 Å². The number of nitrogens with one attached hydrogen (secondary N) is 1. The summed E-state index contributed by atoms with van der Waals surface area (Å²) >= 11 is 0. The van der Waals surface area contributed by atoms with Gasteiger partial charge in [0.15, 0.2) is 0 Å². The smallest absolute Gasteiger partial charge is 0.204 e. The first kappa shape index (κ1) is 14.8. The third-order valence-corrected chi connectivity index (χ3v) is 4.84. The van der Waals surface area contributed by atoms with E-state index in [1.165, 1.54) is 32.9 Å². The molecule has 0 radical (unpaired) electrons. The Balaban J connectivity index is 1.72. The molecule has 0 spiro atoms. The van der Waals surface area contributed by atoms with Gasteiger partial charge < -0.3 is 4.57 Å². The number of benzene rings is 3. The molecule has 0 aliphatic rings. The molecule has 26 heavy (non-hydrogen) atoms. The molecule has 126 valence electrons. The van der Waals surface area contributed by atoms with Gasteiger partial charge in [0, 0.05) is 33.9 Å². The van der Waals surface area contributed by atoms with Gasteiger partial charge in [-0.3, -0.25) is 0 Å². The molecule has 5 aromatic rings. The van der Waals surface area contributed by atoms with E-state index >= 15 is 0 Å². The average molecular weight is 339 g/mol. The van der Waals surface area contributed by atoms with Crippen LogP contribution in [0.25, 0.3) is 33.2 Å². The van der Waals surface area contributed by atoms with Gasteiger partial charge in [0.25, 0.3) is 0 Å². The van der Waals surface area contributed by atoms with Crippen molar-refractivity contribution in [3.63, 3.8) is 0 Å². The van der Waals surface area contributed by atoms with Crippen LogP contribution in [0, 0.1) is 6.92 Å². The normalized spacial score (nSPS) is 11.4. The lowest BCUT2D eigenvalue weighted by Crippen LogP contribution is -1.99. The van der Waals surface area contributed by atoms with Crippen molar-refractivity contribution in [2.45, 2.75) is 13.5 Å². The summed E-state index contributed by atoms with van der Waals surface area (Å²) in [6.45, 7) is 2.95. The van der Waals surface area contributed by atoms with Crippen LogP contribution in [0.15, 0.2) is 66.7 Å². The predicted octanol–water partition coefficient (Wildman–Crippen LogP) is 4.33. The average Bonchev–Trinajstić information content (AvgIpc) is 3.31. The van der Waals surface area contributed by atoms with E-state index in [9.17, 15) is 0 Å². The van der Waals surface area contributed by atoms with E-state index in [4.69, 9.17) is 0 Å². The maximum Gasteiger partial charge on any atom is 0.204 e. The highest BCUT2D eigenvalue weighted by Crippen LogP contribution is 2.32. The molecule has 0 bridgehead atoms. The Labute approximate surface area is 150 Å². The van der Waals surface area contributed by atoms with E-state index in [-0.39, 0.29) is 0 Å². The van der Waals surface area contributed by atoms with Crippen molar-refractivity contribution in [1.82, 2.24) is 25.2 Å². The van der Waals surface area contributed by atoms with E-state index < -0.39 is 0 Å². The number of H-pyrrole nitrogens is 1. The van der Waals surface area contributed by atoms with E-state index in [0.717, 1.165) is 12.1 Å². The van der Waals surface area contributed by atoms with Crippen LogP contribution < -0.4 is 0 Å². The molecule has 5 rings (SSSR count). The fourth-order valence-corrected chi connectivity index (χ4v) is 3.52. The highest BCUT2D eigenvalue weighted by molar-refractivity contribution is 6.09. The number of nitrogens with zero attached hydrogens (tertiary/aromatic N) is 4. The van der Waals surface area contributed by atoms with Crippen molar-refractivity contribution in [2.75, 3.05) is 0 Å². The first-order chi connectivity index (χ1) is 12.8. The molecule has 2 heterocycles. The van der Waals surface area contributed by atoms with Crippen LogP contribution >= 0.6 is 0 Å².